The van der Waals surface area contributed by atoms with E-state index in [-0.39, 0.29) is 11.2 Å². The summed E-state index contributed by atoms with van der Waals surface area (Å²) in [6.07, 6.45) is 2.61. The summed E-state index contributed by atoms with van der Waals surface area (Å²) >= 11 is 9.54. The van der Waals surface area contributed by atoms with E-state index in [2.05, 4.69) is 26.2 Å². The molecule has 144 valence electrons. The Bertz CT molecular complexity index is 693. The summed E-state index contributed by atoms with van der Waals surface area (Å²) in [6, 6.07) is -0.108. The van der Waals surface area contributed by atoms with Crippen LogP contribution in [0.3, 0.4) is 0 Å². The molecule has 1 aromatic rings. The van der Waals surface area contributed by atoms with Crippen molar-refractivity contribution in [1.29, 1.82) is 0 Å². The number of pyridine rings is 1. The largest absolute Gasteiger partial charge is 0.465 e. The molecule has 0 spiro atoms. The number of nitrogens with one attached hydrogen (secondary N) is 1. The number of alkyl carbamates (subject to hydrolysis) is 1. The van der Waals surface area contributed by atoms with Crippen molar-refractivity contribution in [3.05, 3.63) is 21.4 Å². The minimum Gasteiger partial charge on any atom is -0.465 e. The number of halogens is 2. The van der Waals surface area contributed by atoms with Gasteiger partial charge in [-0.3, -0.25) is 0 Å². The van der Waals surface area contributed by atoms with Crippen LogP contribution in [0, 0.1) is 0 Å². The van der Waals surface area contributed by atoms with Gasteiger partial charge in [0.2, 0.25) is 0 Å². The first-order valence-corrected chi connectivity index (χ1v) is 9.46. The van der Waals surface area contributed by atoms with E-state index in [1.54, 1.807) is 0 Å². The first-order chi connectivity index (χ1) is 12.1. The van der Waals surface area contributed by atoms with Gasteiger partial charge in [0.1, 0.15) is 16.3 Å². The number of hydrogen-bond acceptors (Lipinski definition) is 6. The molecule has 0 bridgehead atoms. The molecule has 1 aromatic heterocycles. The molecule has 2 heterocycles. The fraction of sp³-hybridized carbons (Fsp3) is 0.588. The van der Waals surface area contributed by atoms with Crippen molar-refractivity contribution in [2.24, 2.45) is 0 Å². The highest BCUT2D eigenvalue weighted by atomic mass is 79.9. The monoisotopic (exact) mass is 447 g/mol. The third kappa shape index (κ3) is 5.23. The van der Waals surface area contributed by atoms with Crippen LogP contribution in [0.15, 0.2) is 10.7 Å². The van der Waals surface area contributed by atoms with Gasteiger partial charge in [-0.1, -0.05) is 11.6 Å². The van der Waals surface area contributed by atoms with E-state index in [1.165, 1.54) is 13.3 Å². The van der Waals surface area contributed by atoms with Crippen molar-refractivity contribution < 1.29 is 19.1 Å². The quantitative estimate of drug-likeness (QED) is 0.560. The molecule has 7 nitrogen and oxygen atoms in total. The Balaban J connectivity index is 2.20. The number of aromatic nitrogens is 1. The van der Waals surface area contributed by atoms with Gasteiger partial charge in [0, 0.05) is 25.3 Å². The van der Waals surface area contributed by atoms with Gasteiger partial charge in [-0.2, -0.15) is 0 Å². The van der Waals surface area contributed by atoms with Gasteiger partial charge in [-0.25, -0.2) is 14.6 Å². The lowest BCUT2D eigenvalue weighted by Crippen LogP contribution is -2.49. The van der Waals surface area contributed by atoms with Gasteiger partial charge in [0.15, 0.2) is 0 Å². The van der Waals surface area contributed by atoms with Gasteiger partial charge in [0.05, 0.1) is 17.3 Å². The van der Waals surface area contributed by atoms with Crippen molar-refractivity contribution in [1.82, 2.24) is 10.3 Å². The van der Waals surface area contributed by atoms with E-state index in [9.17, 15) is 9.59 Å². The van der Waals surface area contributed by atoms with Crippen molar-refractivity contribution in [3.8, 4) is 0 Å². The average Bonchev–Trinajstić information content (AvgIpc) is 2.54. The highest BCUT2D eigenvalue weighted by Crippen LogP contribution is 2.36. The minimum absolute atomic E-state index is 0.108. The Hall–Kier alpha value is -1.54. The second-order valence-corrected chi connectivity index (χ2v) is 8.20. The molecule has 0 aliphatic carbocycles. The maximum Gasteiger partial charge on any atom is 0.407 e. The summed E-state index contributed by atoms with van der Waals surface area (Å²) in [7, 11) is 1.32. The Morgan fingerprint density at radius 1 is 1.42 bits per heavy atom. The number of carbonyl (C=O) groups excluding carboxylic acids is 2. The first-order valence-electron chi connectivity index (χ1n) is 8.29. The summed E-state index contributed by atoms with van der Waals surface area (Å²) in [5, 5.41) is 3.15. The number of piperidine rings is 1. The van der Waals surface area contributed by atoms with Gasteiger partial charge >= 0.3 is 12.1 Å². The predicted octanol–water partition coefficient (Wildman–Crippen LogP) is 3.78. The molecule has 0 aromatic carbocycles. The van der Waals surface area contributed by atoms with Crippen molar-refractivity contribution in [2.75, 3.05) is 25.1 Å². The second-order valence-electron chi connectivity index (χ2n) is 7.05. The molecular formula is C17H23BrClN3O4. The molecule has 9 heteroatoms. The fourth-order valence-electron chi connectivity index (χ4n) is 2.80. The highest BCUT2D eigenvalue weighted by Gasteiger charge is 2.29. The lowest BCUT2D eigenvalue weighted by molar-refractivity contribution is 0.0498. The van der Waals surface area contributed by atoms with Crippen LogP contribution in [0.2, 0.25) is 5.15 Å². The Labute approximate surface area is 166 Å². The van der Waals surface area contributed by atoms with E-state index in [0.29, 0.717) is 22.3 Å². The molecule has 1 N–H and O–H groups in total. The molecule has 1 amide bonds. The van der Waals surface area contributed by atoms with Crippen LogP contribution in [0.25, 0.3) is 0 Å². The molecule has 26 heavy (non-hydrogen) atoms. The van der Waals surface area contributed by atoms with Gasteiger partial charge in [0.25, 0.3) is 0 Å². The number of anilines is 1. The number of ether oxygens (including phenoxy) is 2. The molecule has 1 saturated heterocycles. The number of hydrogen-bond donors (Lipinski definition) is 1. The van der Waals surface area contributed by atoms with Crippen molar-refractivity contribution >= 4 is 45.3 Å². The zero-order valence-corrected chi connectivity index (χ0v) is 17.6. The van der Waals surface area contributed by atoms with Crippen LogP contribution in [-0.2, 0) is 9.47 Å². The van der Waals surface area contributed by atoms with E-state index in [0.717, 1.165) is 19.4 Å². The lowest BCUT2D eigenvalue weighted by Gasteiger charge is -2.36. The number of nitrogens with zero attached hydrogens (tertiary/aromatic N) is 2. The molecule has 1 atom stereocenters. The smallest absolute Gasteiger partial charge is 0.407 e. The third-order valence-corrected chi connectivity index (χ3v) is 5.08. The maximum absolute atomic E-state index is 12.1. The van der Waals surface area contributed by atoms with Gasteiger partial charge < -0.3 is 19.7 Å². The number of carbonyl (C=O) groups is 2. The van der Waals surface area contributed by atoms with Crippen LogP contribution < -0.4 is 10.2 Å². The zero-order chi connectivity index (χ0) is 19.5. The standard InChI is InChI=1S/C17H23BrClN3O4/c1-17(2,3)26-16(24)21-10-6-5-7-22(9-10)13-11(15(23)25-4)8-20-14(19)12(13)18/h8,10H,5-7,9H2,1-4H3,(H,21,24)/t10-/m0/s1. The summed E-state index contributed by atoms with van der Waals surface area (Å²) < 4.78 is 10.7. The number of esters is 1. The summed E-state index contributed by atoms with van der Waals surface area (Å²) in [4.78, 5) is 30.2. The van der Waals surface area contributed by atoms with Crippen molar-refractivity contribution in [2.45, 2.75) is 45.3 Å². The molecular weight excluding hydrogens is 426 g/mol. The summed E-state index contributed by atoms with van der Waals surface area (Å²) in [5.41, 5.74) is 0.382. The van der Waals surface area contributed by atoms with E-state index < -0.39 is 17.7 Å². The van der Waals surface area contributed by atoms with Crippen LogP contribution >= 0.6 is 27.5 Å². The number of rotatable bonds is 3. The predicted molar refractivity (Wildman–Crippen MR) is 103 cm³/mol. The van der Waals surface area contributed by atoms with Crippen LogP contribution in [0.1, 0.15) is 44.0 Å². The normalized spacial score (nSPS) is 17.6. The first kappa shape index (κ1) is 20.8. The van der Waals surface area contributed by atoms with E-state index in [1.807, 2.05) is 25.7 Å². The van der Waals surface area contributed by atoms with Crippen LogP contribution in [0.4, 0.5) is 10.5 Å². The summed E-state index contributed by atoms with van der Waals surface area (Å²) in [6.45, 7) is 6.69. The molecule has 1 fully saturated rings. The molecule has 2 rings (SSSR count). The maximum atomic E-state index is 12.1. The molecule has 1 aliphatic heterocycles. The number of methoxy groups -OCH3 is 1. The van der Waals surface area contributed by atoms with Gasteiger partial charge in [-0.05, 0) is 49.5 Å². The Morgan fingerprint density at radius 2 is 2.12 bits per heavy atom. The molecule has 1 aliphatic rings. The fourth-order valence-corrected chi connectivity index (χ4v) is 3.50. The molecule has 0 radical (unpaired) electrons. The third-order valence-electron chi connectivity index (χ3n) is 3.81. The van der Waals surface area contributed by atoms with Crippen LogP contribution in [-0.4, -0.2) is 48.9 Å². The SMILES string of the molecule is COC(=O)c1cnc(Cl)c(Br)c1N1CCC[C@H](NC(=O)OC(C)(C)C)C1. The summed E-state index contributed by atoms with van der Waals surface area (Å²) in [5.74, 6) is -0.493. The minimum atomic E-state index is -0.557. The Kier molecular flexibility index (Phi) is 6.74. The topological polar surface area (TPSA) is 80.8 Å². The Morgan fingerprint density at radius 3 is 2.73 bits per heavy atom. The highest BCUT2D eigenvalue weighted by molar-refractivity contribution is 9.10. The van der Waals surface area contributed by atoms with E-state index >= 15 is 0 Å². The van der Waals surface area contributed by atoms with Gasteiger partial charge in [-0.15, -0.1) is 0 Å². The average molecular weight is 449 g/mol. The van der Waals surface area contributed by atoms with Crippen molar-refractivity contribution in [3.63, 3.8) is 0 Å². The second kappa shape index (κ2) is 8.43. The number of amides is 1. The zero-order valence-electron chi connectivity index (χ0n) is 15.3. The van der Waals surface area contributed by atoms with E-state index in [4.69, 9.17) is 21.1 Å². The molecule has 0 saturated carbocycles. The molecule has 0 unspecified atom stereocenters. The van der Waals surface area contributed by atoms with Crippen LogP contribution in [0.5, 0.6) is 0 Å². The lowest BCUT2D eigenvalue weighted by atomic mass is 10.0.